The second-order valence-corrected chi connectivity index (χ2v) is 8.23. The number of benzene rings is 1. The minimum Gasteiger partial charge on any atom is -0.463 e. The Morgan fingerprint density at radius 3 is 2.76 bits per heavy atom. The van der Waals surface area contributed by atoms with Crippen molar-refractivity contribution in [2.24, 2.45) is 0 Å². The summed E-state index contributed by atoms with van der Waals surface area (Å²) in [5.74, 6) is -1.30. The van der Waals surface area contributed by atoms with Crippen LogP contribution in [0.2, 0.25) is 0 Å². The summed E-state index contributed by atoms with van der Waals surface area (Å²) in [7, 11) is -3.67. The zero-order valence-corrected chi connectivity index (χ0v) is 14.8. The summed E-state index contributed by atoms with van der Waals surface area (Å²) in [4.78, 5) is 23.7. The number of ether oxygens (including phenoxy) is 2. The van der Waals surface area contributed by atoms with Gasteiger partial charge in [0.1, 0.15) is 0 Å². The van der Waals surface area contributed by atoms with E-state index >= 15 is 0 Å². The molecule has 0 bridgehead atoms. The van der Waals surface area contributed by atoms with Crippen LogP contribution in [-0.2, 0) is 24.3 Å². The van der Waals surface area contributed by atoms with Crippen molar-refractivity contribution in [3.8, 4) is 0 Å². The smallest absolute Gasteiger partial charge is 0.347 e. The SMILES string of the molecule is C[C@@H]1CCCCN1S(=O)(=O)c1cccc(C(=O)O[C@@H]2CCOC2=O)c1. The Bertz CT molecular complexity index is 775. The fraction of sp³-hybridized carbons (Fsp3) is 0.529. The van der Waals surface area contributed by atoms with E-state index in [1.807, 2.05) is 6.92 Å². The molecule has 0 N–H and O–H groups in total. The molecule has 2 fully saturated rings. The summed E-state index contributed by atoms with van der Waals surface area (Å²) in [6.45, 7) is 2.59. The third-order valence-corrected chi connectivity index (χ3v) is 6.56. The van der Waals surface area contributed by atoms with Crippen LogP contribution in [0.15, 0.2) is 29.2 Å². The van der Waals surface area contributed by atoms with Gasteiger partial charge in [0.25, 0.3) is 0 Å². The molecule has 2 atom stereocenters. The number of nitrogens with zero attached hydrogens (tertiary/aromatic N) is 1. The molecule has 2 saturated heterocycles. The second-order valence-electron chi connectivity index (χ2n) is 6.34. The molecule has 7 nitrogen and oxygen atoms in total. The number of carbonyl (C=O) groups is 2. The van der Waals surface area contributed by atoms with Crippen molar-refractivity contribution in [3.63, 3.8) is 0 Å². The van der Waals surface area contributed by atoms with E-state index in [2.05, 4.69) is 0 Å². The molecule has 0 radical (unpaired) electrons. The van der Waals surface area contributed by atoms with Crippen LogP contribution in [0, 0.1) is 0 Å². The highest BCUT2D eigenvalue weighted by molar-refractivity contribution is 7.89. The summed E-state index contributed by atoms with van der Waals surface area (Å²) in [6.07, 6.45) is 2.06. The van der Waals surface area contributed by atoms with E-state index in [1.165, 1.54) is 28.6 Å². The van der Waals surface area contributed by atoms with Gasteiger partial charge in [-0.05, 0) is 38.0 Å². The maximum absolute atomic E-state index is 12.9. The molecule has 136 valence electrons. The van der Waals surface area contributed by atoms with Gasteiger partial charge in [-0.3, -0.25) is 0 Å². The Morgan fingerprint density at radius 2 is 2.08 bits per heavy atom. The Labute approximate surface area is 147 Å². The summed E-state index contributed by atoms with van der Waals surface area (Å²) >= 11 is 0. The standard InChI is InChI=1S/C17H21NO6S/c1-12-5-2-3-9-18(12)25(21,22)14-7-4-6-13(11-14)16(19)24-15-8-10-23-17(15)20/h4,6-7,11-12,15H,2-3,5,8-10H2,1H3/t12-,15-/m1/s1. The first kappa shape index (κ1) is 17.9. The molecule has 2 heterocycles. The molecule has 0 unspecified atom stereocenters. The van der Waals surface area contributed by atoms with Crippen LogP contribution in [0.5, 0.6) is 0 Å². The van der Waals surface area contributed by atoms with Gasteiger partial charge in [-0.15, -0.1) is 0 Å². The molecule has 0 aromatic heterocycles. The van der Waals surface area contributed by atoms with E-state index in [4.69, 9.17) is 9.47 Å². The summed E-state index contributed by atoms with van der Waals surface area (Å²) in [5, 5.41) is 0. The lowest BCUT2D eigenvalue weighted by Gasteiger charge is -2.32. The summed E-state index contributed by atoms with van der Waals surface area (Å²) in [6, 6.07) is 5.69. The number of cyclic esters (lactones) is 1. The van der Waals surface area contributed by atoms with Crippen LogP contribution in [0.1, 0.15) is 43.0 Å². The number of esters is 2. The van der Waals surface area contributed by atoms with E-state index in [9.17, 15) is 18.0 Å². The molecule has 1 aromatic rings. The van der Waals surface area contributed by atoms with Crippen LogP contribution in [-0.4, -0.2) is 50.0 Å². The highest BCUT2D eigenvalue weighted by Gasteiger charge is 2.33. The minimum atomic E-state index is -3.67. The van der Waals surface area contributed by atoms with Gasteiger partial charge in [0.15, 0.2) is 0 Å². The highest BCUT2D eigenvalue weighted by atomic mass is 32.2. The van der Waals surface area contributed by atoms with Gasteiger partial charge in [0, 0.05) is 19.0 Å². The Morgan fingerprint density at radius 1 is 1.28 bits per heavy atom. The van der Waals surface area contributed by atoms with Gasteiger partial charge in [0.05, 0.1) is 17.1 Å². The predicted octanol–water partition coefficient (Wildman–Crippen LogP) is 1.72. The number of sulfonamides is 1. The van der Waals surface area contributed by atoms with Gasteiger partial charge in [0.2, 0.25) is 16.1 Å². The fourth-order valence-corrected chi connectivity index (χ4v) is 4.88. The Kier molecular flexibility index (Phi) is 5.10. The molecule has 0 spiro atoms. The molecular weight excluding hydrogens is 346 g/mol. The van der Waals surface area contributed by atoms with Crippen molar-refractivity contribution in [1.82, 2.24) is 4.31 Å². The van der Waals surface area contributed by atoms with E-state index in [1.54, 1.807) is 0 Å². The molecule has 0 saturated carbocycles. The molecule has 2 aliphatic rings. The molecule has 8 heteroatoms. The first-order valence-corrected chi connectivity index (χ1v) is 9.83. The normalized spacial score (nSPS) is 24.8. The van der Waals surface area contributed by atoms with Crippen LogP contribution < -0.4 is 0 Å². The minimum absolute atomic E-state index is 0.0599. The largest absolute Gasteiger partial charge is 0.463 e. The van der Waals surface area contributed by atoms with Gasteiger partial charge in [-0.25, -0.2) is 18.0 Å². The lowest BCUT2D eigenvalue weighted by molar-refractivity contribution is -0.145. The first-order valence-electron chi connectivity index (χ1n) is 8.39. The van der Waals surface area contributed by atoms with Crippen LogP contribution >= 0.6 is 0 Å². The Balaban J connectivity index is 1.80. The third-order valence-electron chi connectivity index (χ3n) is 4.55. The van der Waals surface area contributed by atoms with Crippen molar-refractivity contribution in [3.05, 3.63) is 29.8 Å². The van der Waals surface area contributed by atoms with Crippen molar-refractivity contribution >= 4 is 22.0 Å². The van der Waals surface area contributed by atoms with Gasteiger partial charge < -0.3 is 9.47 Å². The maximum atomic E-state index is 12.9. The van der Waals surface area contributed by atoms with Crippen LogP contribution in [0.4, 0.5) is 0 Å². The quantitative estimate of drug-likeness (QED) is 0.753. The lowest BCUT2D eigenvalue weighted by Crippen LogP contribution is -2.41. The average Bonchev–Trinajstić information content (AvgIpc) is 3.00. The predicted molar refractivity (Wildman–Crippen MR) is 88.4 cm³/mol. The van der Waals surface area contributed by atoms with Crippen LogP contribution in [0.3, 0.4) is 0 Å². The van der Waals surface area contributed by atoms with Crippen molar-refractivity contribution in [2.45, 2.75) is 49.6 Å². The number of hydrogen-bond acceptors (Lipinski definition) is 6. The summed E-state index contributed by atoms with van der Waals surface area (Å²) < 4.78 is 37.1. The number of hydrogen-bond donors (Lipinski definition) is 0. The second kappa shape index (κ2) is 7.13. The van der Waals surface area contributed by atoms with Crippen molar-refractivity contribution < 1.29 is 27.5 Å². The Hall–Kier alpha value is -1.93. The van der Waals surface area contributed by atoms with E-state index in [0.29, 0.717) is 13.0 Å². The third kappa shape index (κ3) is 3.69. The van der Waals surface area contributed by atoms with E-state index in [-0.39, 0.29) is 23.1 Å². The molecule has 3 rings (SSSR count). The molecule has 0 amide bonds. The van der Waals surface area contributed by atoms with Crippen LogP contribution in [0.25, 0.3) is 0 Å². The van der Waals surface area contributed by atoms with Gasteiger partial charge in [-0.1, -0.05) is 12.5 Å². The molecule has 1 aromatic carbocycles. The zero-order chi connectivity index (χ0) is 18.0. The highest BCUT2D eigenvalue weighted by Crippen LogP contribution is 2.26. The molecule has 25 heavy (non-hydrogen) atoms. The fourth-order valence-electron chi connectivity index (χ4n) is 3.13. The lowest BCUT2D eigenvalue weighted by atomic mass is 10.1. The summed E-state index contributed by atoms with van der Waals surface area (Å²) in [5.41, 5.74) is 0.102. The van der Waals surface area contributed by atoms with Crippen molar-refractivity contribution in [2.75, 3.05) is 13.2 Å². The number of rotatable bonds is 4. The average molecular weight is 367 g/mol. The van der Waals surface area contributed by atoms with E-state index in [0.717, 1.165) is 19.3 Å². The molecular formula is C17H21NO6S. The number of carbonyl (C=O) groups excluding carboxylic acids is 2. The molecule has 2 aliphatic heterocycles. The first-order chi connectivity index (χ1) is 11.9. The number of piperidine rings is 1. The molecule has 0 aliphatic carbocycles. The topological polar surface area (TPSA) is 90.0 Å². The van der Waals surface area contributed by atoms with Gasteiger partial charge in [-0.2, -0.15) is 4.31 Å². The van der Waals surface area contributed by atoms with Gasteiger partial charge >= 0.3 is 11.9 Å². The maximum Gasteiger partial charge on any atom is 0.347 e. The van der Waals surface area contributed by atoms with Crippen molar-refractivity contribution in [1.29, 1.82) is 0 Å². The van der Waals surface area contributed by atoms with E-state index < -0.39 is 28.1 Å². The zero-order valence-electron chi connectivity index (χ0n) is 14.0. The monoisotopic (exact) mass is 367 g/mol.